The molecule has 0 heterocycles. The summed E-state index contributed by atoms with van der Waals surface area (Å²) in [5.41, 5.74) is 0. The summed E-state index contributed by atoms with van der Waals surface area (Å²) in [7, 11) is 0. The van der Waals surface area contributed by atoms with Crippen LogP contribution in [0.4, 0.5) is 0 Å². The molecule has 1 atom stereocenters. The van der Waals surface area contributed by atoms with E-state index in [-0.39, 0.29) is 0 Å². The molecule has 0 radical (unpaired) electrons. The van der Waals surface area contributed by atoms with Gasteiger partial charge in [-0.3, -0.25) is 0 Å². The Morgan fingerprint density at radius 1 is 1.18 bits per heavy atom. The first-order valence-electron chi connectivity index (χ1n) is 4.61. The van der Waals surface area contributed by atoms with Gasteiger partial charge in [0.05, 0.1) is 0 Å². The highest BCUT2D eigenvalue weighted by molar-refractivity contribution is 7.80. The van der Waals surface area contributed by atoms with E-state index in [1.807, 2.05) is 0 Å². The van der Waals surface area contributed by atoms with Crippen LogP contribution in [0.25, 0.3) is 0 Å². The fraction of sp³-hybridized carbons (Fsp3) is 1.00. The van der Waals surface area contributed by atoms with E-state index in [4.69, 9.17) is 0 Å². The lowest BCUT2D eigenvalue weighted by molar-refractivity contribution is 0.260. The van der Waals surface area contributed by atoms with Crippen molar-refractivity contribution < 1.29 is 0 Å². The minimum absolute atomic E-state index is 0.776. The van der Waals surface area contributed by atoms with E-state index in [0.717, 1.165) is 11.7 Å². The Kier molecular flexibility index (Phi) is 7.18. The molecule has 0 rings (SSSR count). The Hall–Kier alpha value is 0.310. The van der Waals surface area contributed by atoms with Crippen molar-refractivity contribution in [2.24, 2.45) is 5.92 Å². The lowest BCUT2D eigenvalue weighted by atomic mass is 10.1. The monoisotopic (exact) mass is 175 g/mol. The van der Waals surface area contributed by atoms with Gasteiger partial charge in [0.2, 0.25) is 0 Å². The number of nitrogens with zero attached hydrogens (tertiary/aromatic N) is 1. The molecule has 1 unspecified atom stereocenters. The smallest absolute Gasteiger partial charge is 0.00171 e. The largest absolute Gasteiger partial charge is 0.304 e. The molecule has 0 aliphatic carbocycles. The molecule has 0 aliphatic heterocycles. The van der Waals surface area contributed by atoms with E-state index in [9.17, 15) is 0 Å². The predicted octanol–water partition coefficient (Wildman–Crippen LogP) is 2.28. The van der Waals surface area contributed by atoms with E-state index >= 15 is 0 Å². The van der Waals surface area contributed by atoms with Gasteiger partial charge in [-0.05, 0) is 24.8 Å². The van der Waals surface area contributed by atoms with Crippen LogP contribution in [0.2, 0.25) is 0 Å². The Morgan fingerprint density at radius 2 is 1.73 bits per heavy atom. The van der Waals surface area contributed by atoms with Crippen molar-refractivity contribution in [3.05, 3.63) is 0 Å². The molecule has 0 fully saturated rings. The van der Waals surface area contributed by atoms with Crippen LogP contribution in [-0.4, -0.2) is 30.3 Å². The summed E-state index contributed by atoms with van der Waals surface area (Å²) in [6, 6.07) is 0. The fourth-order valence-electron chi connectivity index (χ4n) is 1.16. The van der Waals surface area contributed by atoms with Gasteiger partial charge >= 0.3 is 0 Å². The highest BCUT2D eigenvalue weighted by Crippen LogP contribution is 2.06. The van der Waals surface area contributed by atoms with Gasteiger partial charge in [0, 0.05) is 6.54 Å². The van der Waals surface area contributed by atoms with Crippen LogP contribution in [0.1, 0.15) is 27.2 Å². The summed E-state index contributed by atoms with van der Waals surface area (Å²) < 4.78 is 0. The average Bonchev–Trinajstić information content (AvgIpc) is 2.07. The highest BCUT2D eigenvalue weighted by Gasteiger charge is 2.07. The van der Waals surface area contributed by atoms with Gasteiger partial charge in [0.25, 0.3) is 0 Å². The van der Waals surface area contributed by atoms with Crippen molar-refractivity contribution in [2.75, 3.05) is 25.4 Å². The fourth-order valence-corrected chi connectivity index (χ4v) is 1.54. The molecular formula is C9H21NS. The number of hydrogen-bond donors (Lipinski definition) is 1. The van der Waals surface area contributed by atoms with Crippen LogP contribution in [0.15, 0.2) is 0 Å². The van der Waals surface area contributed by atoms with Gasteiger partial charge in [0.1, 0.15) is 0 Å². The lowest BCUT2D eigenvalue weighted by Crippen LogP contribution is -2.29. The second kappa shape index (κ2) is 6.99. The van der Waals surface area contributed by atoms with Crippen LogP contribution in [0.5, 0.6) is 0 Å². The van der Waals surface area contributed by atoms with Gasteiger partial charge in [-0.1, -0.05) is 27.2 Å². The molecule has 0 N–H and O–H groups in total. The molecule has 0 aliphatic rings. The van der Waals surface area contributed by atoms with Crippen LogP contribution >= 0.6 is 12.6 Å². The summed E-state index contributed by atoms with van der Waals surface area (Å²) in [4.78, 5) is 2.46. The summed E-state index contributed by atoms with van der Waals surface area (Å²) in [6.45, 7) is 10.2. The molecule has 0 aromatic rings. The average molecular weight is 175 g/mol. The minimum atomic E-state index is 0.776. The molecule has 0 amide bonds. The molecule has 0 saturated heterocycles. The summed E-state index contributed by atoms with van der Waals surface area (Å²) >= 11 is 4.32. The molecule has 0 saturated carbocycles. The number of rotatable bonds is 6. The van der Waals surface area contributed by atoms with Crippen LogP contribution in [-0.2, 0) is 0 Å². The van der Waals surface area contributed by atoms with E-state index in [1.165, 1.54) is 26.1 Å². The second-order valence-electron chi connectivity index (χ2n) is 2.94. The maximum absolute atomic E-state index is 4.32. The zero-order valence-electron chi connectivity index (χ0n) is 8.01. The normalized spacial score (nSPS) is 13.9. The van der Waals surface area contributed by atoms with Crippen molar-refractivity contribution >= 4 is 12.6 Å². The molecule has 2 heteroatoms. The lowest BCUT2D eigenvalue weighted by Gasteiger charge is -2.22. The van der Waals surface area contributed by atoms with E-state index in [2.05, 4.69) is 38.3 Å². The van der Waals surface area contributed by atoms with Crippen molar-refractivity contribution in [1.82, 2.24) is 4.90 Å². The number of hydrogen-bond acceptors (Lipinski definition) is 2. The third-order valence-electron chi connectivity index (χ3n) is 2.25. The van der Waals surface area contributed by atoms with Crippen molar-refractivity contribution in [1.29, 1.82) is 0 Å². The van der Waals surface area contributed by atoms with Gasteiger partial charge in [-0.2, -0.15) is 12.6 Å². The number of thiol groups is 1. The van der Waals surface area contributed by atoms with Gasteiger partial charge in [-0.25, -0.2) is 0 Å². The zero-order chi connectivity index (χ0) is 8.69. The standard InChI is InChI=1S/C9H21NS/c1-4-9(8-11)7-10(5-2)6-3/h9,11H,4-8H2,1-3H3. The first kappa shape index (κ1) is 11.3. The van der Waals surface area contributed by atoms with Crippen LogP contribution in [0.3, 0.4) is 0 Å². The molecular weight excluding hydrogens is 154 g/mol. The Balaban J connectivity index is 3.58. The summed E-state index contributed by atoms with van der Waals surface area (Å²) in [5, 5.41) is 0. The SMILES string of the molecule is CCC(CS)CN(CC)CC. The first-order chi connectivity index (χ1) is 5.28. The van der Waals surface area contributed by atoms with Crippen LogP contribution in [0, 0.1) is 5.92 Å². The molecule has 0 aromatic carbocycles. The summed E-state index contributed by atoms with van der Waals surface area (Å²) in [6.07, 6.45) is 1.25. The quantitative estimate of drug-likeness (QED) is 0.606. The Labute approximate surface area is 76.6 Å². The molecule has 0 bridgehead atoms. The summed E-state index contributed by atoms with van der Waals surface area (Å²) in [5.74, 6) is 1.80. The van der Waals surface area contributed by atoms with Crippen molar-refractivity contribution in [2.45, 2.75) is 27.2 Å². The highest BCUT2D eigenvalue weighted by atomic mass is 32.1. The zero-order valence-corrected chi connectivity index (χ0v) is 8.90. The first-order valence-corrected chi connectivity index (χ1v) is 5.24. The Morgan fingerprint density at radius 3 is 2.00 bits per heavy atom. The molecule has 11 heavy (non-hydrogen) atoms. The maximum Gasteiger partial charge on any atom is 0.00171 e. The van der Waals surface area contributed by atoms with Gasteiger partial charge in [0.15, 0.2) is 0 Å². The molecule has 1 nitrogen and oxygen atoms in total. The van der Waals surface area contributed by atoms with Gasteiger partial charge in [-0.15, -0.1) is 0 Å². The third kappa shape index (κ3) is 4.70. The van der Waals surface area contributed by atoms with Crippen molar-refractivity contribution in [3.8, 4) is 0 Å². The van der Waals surface area contributed by atoms with Crippen molar-refractivity contribution in [3.63, 3.8) is 0 Å². The van der Waals surface area contributed by atoms with E-state index < -0.39 is 0 Å². The molecule has 0 spiro atoms. The van der Waals surface area contributed by atoms with E-state index in [0.29, 0.717) is 0 Å². The van der Waals surface area contributed by atoms with Crippen LogP contribution < -0.4 is 0 Å². The second-order valence-corrected chi connectivity index (χ2v) is 3.31. The minimum Gasteiger partial charge on any atom is -0.304 e. The topological polar surface area (TPSA) is 3.24 Å². The molecule has 68 valence electrons. The predicted molar refractivity (Wildman–Crippen MR) is 55.4 cm³/mol. The third-order valence-corrected chi connectivity index (χ3v) is 2.76. The van der Waals surface area contributed by atoms with E-state index in [1.54, 1.807) is 0 Å². The molecule has 0 aromatic heterocycles. The van der Waals surface area contributed by atoms with Gasteiger partial charge < -0.3 is 4.90 Å². The maximum atomic E-state index is 4.32. The Bertz CT molecular complexity index is 67.6.